The molecule has 4 aromatic rings. The fraction of sp³-hybridized carbons (Fsp3) is 0.333. The van der Waals surface area contributed by atoms with Crippen LogP contribution in [0, 0.1) is 0 Å². The van der Waals surface area contributed by atoms with Crippen LogP contribution in [-0.2, 0) is 14.6 Å². The Labute approximate surface area is 210 Å². The van der Waals surface area contributed by atoms with Gasteiger partial charge >= 0.3 is 6.09 Å². The molecule has 0 saturated carbocycles. The fourth-order valence-electron chi connectivity index (χ4n) is 4.67. The number of hydrogen-bond acceptors (Lipinski definition) is 6. The minimum absolute atomic E-state index is 0.0380. The van der Waals surface area contributed by atoms with Gasteiger partial charge in [-0.2, -0.15) is 5.10 Å². The highest BCUT2D eigenvalue weighted by atomic mass is 32.2. The molecule has 2 heterocycles. The summed E-state index contributed by atoms with van der Waals surface area (Å²) >= 11 is 0. The Morgan fingerprint density at radius 1 is 1.03 bits per heavy atom. The van der Waals surface area contributed by atoms with E-state index in [1.165, 1.54) is 0 Å². The predicted octanol–water partition coefficient (Wildman–Crippen LogP) is 5.04. The molecule has 2 N–H and O–H groups in total. The number of amides is 1. The summed E-state index contributed by atoms with van der Waals surface area (Å²) in [7, 11) is -3.83. The lowest BCUT2D eigenvalue weighted by Gasteiger charge is -2.34. The van der Waals surface area contributed by atoms with Gasteiger partial charge in [0, 0.05) is 35.6 Å². The molecule has 1 saturated heterocycles. The van der Waals surface area contributed by atoms with Crippen molar-refractivity contribution in [2.24, 2.45) is 0 Å². The van der Waals surface area contributed by atoms with E-state index in [0.717, 1.165) is 37.0 Å². The highest BCUT2D eigenvalue weighted by molar-refractivity contribution is 7.91. The third-order valence-electron chi connectivity index (χ3n) is 6.39. The van der Waals surface area contributed by atoms with Crippen LogP contribution in [0.3, 0.4) is 0 Å². The number of fused-ring (bicyclic) bond motifs is 2. The molecule has 0 unspecified atom stereocenters. The molecule has 9 heteroatoms. The highest BCUT2D eigenvalue weighted by Crippen LogP contribution is 2.33. The van der Waals surface area contributed by atoms with Crippen molar-refractivity contribution in [1.82, 2.24) is 15.5 Å². The van der Waals surface area contributed by atoms with Crippen molar-refractivity contribution >= 4 is 43.3 Å². The lowest BCUT2D eigenvalue weighted by molar-refractivity contribution is 0.0497. The summed E-state index contributed by atoms with van der Waals surface area (Å²) in [5, 5.41) is 12.2. The molecule has 1 amide bonds. The van der Waals surface area contributed by atoms with Crippen LogP contribution in [0.25, 0.3) is 21.7 Å². The van der Waals surface area contributed by atoms with Crippen molar-refractivity contribution in [3.8, 4) is 0 Å². The van der Waals surface area contributed by atoms with E-state index in [-0.39, 0.29) is 16.0 Å². The highest BCUT2D eigenvalue weighted by Gasteiger charge is 2.27. The van der Waals surface area contributed by atoms with Gasteiger partial charge in [-0.1, -0.05) is 36.4 Å². The molecule has 1 aliphatic heterocycles. The van der Waals surface area contributed by atoms with Gasteiger partial charge in [0.25, 0.3) is 0 Å². The van der Waals surface area contributed by atoms with Gasteiger partial charge in [-0.25, -0.2) is 13.2 Å². The summed E-state index contributed by atoms with van der Waals surface area (Å²) < 4.78 is 32.8. The van der Waals surface area contributed by atoms with Gasteiger partial charge in [0.05, 0.1) is 10.4 Å². The van der Waals surface area contributed by atoms with Crippen LogP contribution in [0.4, 0.5) is 10.5 Å². The summed E-state index contributed by atoms with van der Waals surface area (Å²) in [4.78, 5) is 14.6. The number of aromatic amines is 1. The van der Waals surface area contributed by atoms with Gasteiger partial charge in [-0.15, -0.1) is 0 Å². The number of rotatable bonds is 4. The minimum Gasteiger partial charge on any atom is -0.444 e. The first-order valence-corrected chi connectivity index (χ1v) is 13.6. The average molecular weight is 507 g/mol. The third-order valence-corrected chi connectivity index (χ3v) is 8.18. The van der Waals surface area contributed by atoms with Crippen LogP contribution in [0.1, 0.15) is 33.6 Å². The second-order valence-electron chi connectivity index (χ2n) is 10.1. The molecule has 0 bridgehead atoms. The Hall–Kier alpha value is -3.59. The molecule has 0 atom stereocenters. The predicted molar refractivity (Wildman–Crippen MR) is 140 cm³/mol. The van der Waals surface area contributed by atoms with Gasteiger partial charge < -0.3 is 15.0 Å². The van der Waals surface area contributed by atoms with Gasteiger partial charge in [0.1, 0.15) is 5.60 Å². The van der Waals surface area contributed by atoms with Crippen LogP contribution in [-0.4, -0.2) is 49.4 Å². The standard InChI is InChI=1S/C27H30N4O4S/c1-27(2,3)35-26(32)28-19-13-15-31(16-14-19)20-11-12-23-22(17-20)25(30-29-23)36(33,34)24-10-6-8-18-7-4-5-9-21(18)24/h4-12,17,19H,13-16H2,1-3H3,(H,28,32)(H,29,30). The van der Waals surface area contributed by atoms with E-state index in [0.29, 0.717) is 16.3 Å². The lowest BCUT2D eigenvalue weighted by atomic mass is 10.0. The number of aromatic nitrogens is 2. The number of anilines is 1. The van der Waals surface area contributed by atoms with Crippen LogP contribution >= 0.6 is 0 Å². The fourth-order valence-corrected chi connectivity index (χ4v) is 6.24. The Morgan fingerprint density at radius 3 is 2.50 bits per heavy atom. The number of sulfone groups is 1. The maximum atomic E-state index is 13.7. The first-order valence-electron chi connectivity index (χ1n) is 12.1. The number of piperidine rings is 1. The Bertz CT molecular complexity index is 1530. The van der Waals surface area contributed by atoms with Crippen molar-refractivity contribution in [2.45, 2.75) is 55.2 Å². The molecule has 188 valence electrons. The number of hydrogen-bond donors (Lipinski definition) is 2. The van der Waals surface area contributed by atoms with Crippen molar-refractivity contribution in [1.29, 1.82) is 0 Å². The van der Waals surface area contributed by atoms with E-state index in [1.807, 2.05) is 69.3 Å². The molecule has 8 nitrogen and oxygen atoms in total. The van der Waals surface area contributed by atoms with Crippen LogP contribution in [0.15, 0.2) is 70.6 Å². The molecule has 36 heavy (non-hydrogen) atoms. The summed E-state index contributed by atoms with van der Waals surface area (Å²) in [5.41, 5.74) is 0.988. The molecule has 0 radical (unpaired) electrons. The molecule has 1 fully saturated rings. The van der Waals surface area contributed by atoms with Gasteiger partial charge in [0.15, 0.2) is 5.03 Å². The van der Waals surface area contributed by atoms with E-state index < -0.39 is 21.5 Å². The van der Waals surface area contributed by atoms with E-state index in [9.17, 15) is 13.2 Å². The number of H-pyrrole nitrogens is 1. The van der Waals surface area contributed by atoms with Crippen LogP contribution in [0.2, 0.25) is 0 Å². The second kappa shape index (κ2) is 9.13. The third kappa shape index (κ3) is 4.75. The number of ether oxygens (including phenoxy) is 1. The van der Waals surface area contributed by atoms with Crippen LogP contribution < -0.4 is 10.2 Å². The van der Waals surface area contributed by atoms with Crippen molar-refractivity contribution in [2.75, 3.05) is 18.0 Å². The van der Waals surface area contributed by atoms with Gasteiger partial charge in [-0.05, 0) is 63.3 Å². The zero-order chi connectivity index (χ0) is 25.5. The van der Waals surface area contributed by atoms with Crippen molar-refractivity contribution in [3.05, 3.63) is 60.7 Å². The van der Waals surface area contributed by atoms with E-state index in [2.05, 4.69) is 20.4 Å². The number of carbonyl (C=O) groups excluding carboxylic acids is 1. The average Bonchev–Trinajstić information content (AvgIpc) is 3.27. The van der Waals surface area contributed by atoms with Gasteiger partial charge in [-0.3, -0.25) is 5.10 Å². The minimum atomic E-state index is -3.83. The maximum Gasteiger partial charge on any atom is 0.407 e. The second-order valence-corrected chi connectivity index (χ2v) is 12.0. The molecule has 0 spiro atoms. The Kier molecular flexibility index (Phi) is 6.12. The van der Waals surface area contributed by atoms with E-state index >= 15 is 0 Å². The number of alkyl carbamates (subject to hydrolysis) is 1. The topological polar surface area (TPSA) is 104 Å². The summed E-state index contributed by atoms with van der Waals surface area (Å²) in [6.45, 7) is 6.99. The monoisotopic (exact) mass is 506 g/mol. The Balaban J connectivity index is 1.38. The smallest absolute Gasteiger partial charge is 0.407 e. The summed E-state index contributed by atoms with van der Waals surface area (Å²) in [5.74, 6) is 0. The van der Waals surface area contributed by atoms with Gasteiger partial charge in [0.2, 0.25) is 9.84 Å². The summed E-state index contributed by atoms with van der Waals surface area (Å²) in [6, 6.07) is 18.5. The van der Waals surface area contributed by atoms with Crippen LogP contribution in [0.5, 0.6) is 0 Å². The number of nitrogens with one attached hydrogen (secondary N) is 2. The first-order chi connectivity index (χ1) is 17.1. The number of nitrogens with zero attached hydrogens (tertiary/aromatic N) is 2. The SMILES string of the molecule is CC(C)(C)OC(=O)NC1CCN(c2ccc3n[nH]c(S(=O)(=O)c4cccc5ccccc45)c3c2)CC1. The molecular formula is C27H30N4O4S. The normalized spacial score (nSPS) is 15.4. The first kappa shape index (κ1) is 24.1. The largest absolute Gasteiger partial charge is 0.444 e. The van der Waals surface area contributed by atoms with E-state index in [1.54, 1.807) is 12.1 Å². The number of carbonyl (C=O) groups is 1. The zero-order valence-electron chi connectivity index (χ0n) is 20.6. The zero-order valence-corrected chi connectivity index (χ0v) is 21.4. The quantitative estimate of drug-likeness (QED) is 0.402. The summed E-state index contributed by atoms with van der Waals surface area (Å²) in [6.07, 6.45) is 1.14. The molecule has 1 aromatic heterocycles. The molecule has 1 aliphatic rings. The molecule has 5 rings (SSSR count). The van der Waals surface area contributed by atoms with Crippen molar-refractivity contribution < 1.29 is 17.9 Å². The lowest BCUT2D eigenvalue weighted by Crippen LogP contribution is -2.46. The Morgan fingerprint density at radius 2 is 1.75 bits per heavy atom. The number of benzene rings is 3. The maximum absolute atomic E-state index is 13.7. The molecule has 3 aromatic carbocycles. The molecular weight excluding hydrogens is 476 g/mol. The van der Waals surface area contributed by atoms with Crippen molar-refractivity contribution in [3.63, 3.8) is 0 Å². The molecule has 0 aliphatic carbocycles. The van der Waals surface area contributed by atoms with E-state index in [4.69, 9.17) is 4.74 Å².